The molecular formula is C12H16ClN5S. The number of nitrogens with two attached hydrogens (primary N) is 1. The summed E-state index contributed by atoms with van der Waals surface area (Å²) in [6.45, 7) is 3.94. The summed E-state index contributed by atoms with van der Waals surface area (Å²) in [5.74, 6) is 1.99. The summed E-state index contributed by atoms with van der Waals surface area (Å²) < 4.78 is 0. The Bertz CT molecular complexity index is 566. The number of aromatic nitrogens is 3. The molecule has 102 valence electrons. The van der Waals surface area contributed by atoms with Crippen LogP contribution in [0.3, 0.4) is 0 Å². The second-order valence-corrected chi connectivity index (χ2v) is 6.28. The molecule has 1 aliphatic heterocycles. The molecule has 2 atom stereocenters. The molecule has 0 aromatic carbocycles. The molecule has 0 bridgehead atoms. The topological polar surface area (TPSA) is 70.8 Å². The van der Waals surface area contributed by atoms with Crippen molar-refractivity contribution in [3.63, 3.8) is 0 Å². The van der Waals surface area contributed by atoms with Gasteiger partial charge in [-0.05, 0) is 23.8 Å². The van der Waals surface area contributed by atoms with Gasteiger partial charge in [0.05, 0.1) is 9.90 Å². The van der Waals surface area contributed by atoms with Crippen LogP contribution in [0.5, 0.6) is 0 Å². The number of hydrogen-bond acceptors (Lipinski definition) is 5. The van der Waals surface area contributed by atoms with Gasteiger partial charge in [0.15, 0.2) is 5.82 Å². The molecule has 19 heavy (non-hydrogen) atoms. The molecule has 0 aliphatic carbocycles. The van der Waals surface area contributed by atoms with Crippen LogP contribution in [0.2, 0.25) is 5.02 Å². The zero-order chi connectivity index (χ0) is 13.4. The Kier molecular flexibility index (Phi) is 3.47. The highest BCUT2D eigenvalue weighted by Gasteiger charge is 2.25. The molecule has 0 amide bonds. The summed E-state index contributed by atoms with van der Waals surface area (Å²) in [7, 11) is 0. The predicted octanol–water partition coefficient (Wildman–Crippen LogP) is 2.36. The SMILES string of the molecule is CC1CCN(c2n[nH]c(-c3sccc3Cl)n2)CC1N. The first kappa shape index (κ1) is 12.9. The average Bonchev–Trinajstić information content (AvgIpc) is 3.01. The largest absolute Gasteiger partial charge is 0.338 e. The van der Waals surface area contributed by atoms with E-state index in [0.29, 0.717) is 16.9 Å². The maximum absolute atomic E-state index is 6.11. The molecule has 1 fully saturated rings. The number of thiophene rings is 1. The Morgan fingerprint density at radius 1 is 1.58 bits per heavy atom. The van der Waals surface area contributed by atoms with E-state index in [2.05, 4.69) is 27.0 Å². The minimum atomic E-state index is 0.182. The number of rotatable bonds is 2. The van der Waals surface area contributed by atoms with E-state index < -0.39 is 0 Å². The van der Waals surface area contributed by atoms with Crippen LogP contribution in [0.15, 0.2) is 11.4 Å². The number of piperidine rings is 1. The molecule has 1 aliphatic rings. The van der Waals surface area contributed by atoms with Crippen LogP contribution in [0, 0.1) is 5.92 Å². The lowest BCUT2D eigenvalue weighted by Crippen LogP contribution is -2.48. The summed E-state index contributed by atoms with van der Waals surface area (Å²) in [6.07, 6.45) is 1.07. The minimum Gasteiger partial charge on any atom is -0.338 e. The van der Waals surface area contributed by atoms with E-state index in [1.54, 1.807) is 11.3 Å². The van der Waals surface area contributed by atoms with E-state index in [-0.39, 0.29) is 6.04 Å². The molecule has 2 aromatic heterocycles. The normalized spacial score (nSPS) is 23.8. The highest BCUT2D eigenvalue weighted by atomic mass is 35.5. The van der Waals surface area contributed by atoms with E-state index in [1.165, 1.54) is 0 Å². The maximum Gasteiger partial charge on any atom is 0.245 e. The first-order valence-corrected chi connectivity index (χ1v) is 7.57. The van der Waals surface area contributed by atoms with E-state index in [9.17, 15) is 0 Å². The van der Waals surface area contributed by atoms with E-state index in [4.69, 9.17) is 17.3 Å². The van der Waals surface area contributed by atoms with E-state index in [0.717, 1.165) is 30.2 Å². The molecule has 0 spiro atoms. The molecular weight excluding hydrogens is 282 g/mol. The van der Waals surface area contributed by atoms with Gasteiger partial charge in [0.1, 0.15) is 0 Å². The third kappa shape index (κ3) is 2.48. The standard InChI is InChI=1S/C12H16ClN5S/c1-7-2-4-18(6-9(7)14)12-15-11(16-17-12)10-8(13)3-5-19-10/h3,5,7,9H,2,4,6,14H2,1H3,(H,15,16,17). The first-order chi connectivity index (χ1) is 9.15. The molecule has 0 saturated carbocycles. The summed E-state index contributed by atoms with van der Waals surface area (Å²) >= 11 is 7.66. The van der Waals surface area contributed by atoms with Crippen LogP contribution in [0.1, 0.15) is 13.3 Å². The molecule has 5 nitrogen and oxygen atoms in total. The zero-order valence-electron chi connectivity index (χ0n) is 10.6. The number of nitrogens with zero attached hydrogens (tertiary/aromatic N) is 3. The van der Waals surface area contributed by atoms with Gasteiger partial charge < -0.3 is 10.6 Å². The number of hydrogen-bond donors (Lipinski definition) is 2. The van der Waals surface area contributed by atoms with Crippen LogP contribution in [0.4, 0.5) is 5.95 Å². The van der Waals surface area contributed by atoms with Crippen molar-refractivity contribution in [3.8, 4) is 10.7 Å². The molecule has 2 unspecified atom stereocenters. The van der Waals surface area contributed by atoms with Crippen LogP contribution >= 0.6 is 22.9 Å². The number of nitrogens with one attached hydrogen (secondary N) is 1. The van der Waals surface area contributed by atoms with Gasteiger partial charge in [-0.1, -0.05) is 18.5 Å². The third-order valence-electron chi connectivity index (χ3n) is 3.61. The Labute approximate surface area is 120 Å². The summed E-state index contributed by atoms with van der Waals surface area (Å²) in [4.78, 5) is 7.58. The molecule has 3 N–H and O–H groups in total. The van der Waals surface area contributed by atoms with Crippen molar-refractivity contribution in [1.29, 1.82) is 0 Å². The number of anilines is 1. The van der Waals surface area contributed by atoms with Crippen LogP contribution in [-0.2, 0) is 0 Å². The summed E-state index contributed by atoms with van der Waals surface area (Å²) in [5, 5.41) is 9.88. The average molecular weight is 298 g/mol. The third-order valence-corrected chi connectivity index (χ3v) is 4.95. The molecule has 1 saturated heterocycles. The van der Waals surface area contributed by atoms with Crippen molar-refractivity contribution in [2.75, 3.05) is 18.0 Å². The van der Waals surface area contributed by atoms with Gasteiger partial charge in [0.25, 0.3) is 0 Å². The van der Waals surface area contributed by atoms with Gasteiger partial charge in [-0.3, -0.25) is 5.10 Å². The minimum absolute atomic E-state index is 0.182. The maximum atomic E-state index is 6.11. The first-order valence-electron chi connectivity index (χ1n) is 6.31. The predicted molar refractivity (Wildman–Crippen MR) is 78.7 cm³/mol. The zero-order valence-corrected chi connectivity index (χ0v) is 12.2. The second kappa shape index (κ2) is 5.11. The lowest BCUT2D eigenvalue weighted by Gasteiger charge is -2.34. The van der Waals surface area contributed by atoms with Crippen molar-refractivity contribution in [2.45, 2.75) is 19.4 Å². The fourth-order valence-corrected chi connectivity index (χ4v) is 3.32. The van der Waals surface area contributed by atoms with Gasteiger partial charge in [-0.15, -0.1) is 16.4 Å². The lowest BCUT2D eigenvalue weighted by atomic mass is 9.95. The highest BCUT2D eigenvalue weighted by Crippen LogP contribution is 2.31. The van der Waals surface area contributed by atoms with Crippen LogP contribution < -0.4 is 10.6 Å². The monoisotopic (exact) mass is 297 g/mol. The molecule has 0 radical (unpaired) electrons. The van der Waals surface area contributed by atoms with Crippen LogP contribution in [-0.4, -0.2) is 34.3 Å². The second-order valence-electron chi connectivity index (χ2n) is 4.96. The van der Waals surface area contributed by atoms with Crippen LogP contribution in [0.25, 0.3) is 10.7 Å². The Morgan fingerprint density at radius 3 is 3.11 bits per heavy atom. The Balaban J connectivity index is 1.80. The van der Waals surface area contributed by atoms with Crippen molar-refractivity contribution in [2.24, 2.45) is 11.7 Å². The van der Waals surface area contributed by atoms with Gasteiger partial charge in [-0.25, -0.2) is 0 Å². The Morgan fingerprint density at radius 2 is 2.42 bits per heavy atom. The van der Waals surface area contributed by atoms with E-state index >= 15 is 0 Å². The Hall–Kier alpha value is -1.11. The lowest BCUT2D eigenvalue weighted by molar-refractivity contribution is 0.376. The molecule has 7 heteroatoms. The van der Waals surface area contributed by atoms with Gasteiger partial charge >= 0.3 is 0 Å². The molecule has 2 aromatic rings. The highest BCUT2D eigenvalue weighted by molar-refractivity contribution is 7.14. The van der Waals surface area contributed by atoms with Crippen molar-refractivity contribution < 1.29 is 0 Å². The summed E-state index contributed by atoms with van der Waals surface area (Å²) in [5.41, 5.74) is 6.11. The van der Waals surface area contributed by atoms with Crippen molar-refractivity contribution in [1.82, 2.24) is 15.2 Å². The van der Waals surface area contributed by atoms with Crippen molar-refractivity contribution in [3.05, 3.63) is 16.5 Å². The summed E-state index contributed by atoms with van der Waals surface area (Å²) in [6, 6.07) is 2.04. The fourth-order valence-electron chi connectivity index (χ4n) is 2.24. The number of halogens is 1. The van der Waals surface area contributed by atoms with Gasteiger partial charge in [0.2, 0.25) is 5.95 Å². The molecule has 3 heterocycles. The van der Waals surface area contributed by atoms with Gasteiger partial charge in [0, 0.05) is 19.1 Å². The van der Waals surface area contributed by atoms with Crippen molar-refractivity contribution >= 4 is 28.9 Å². The quantitative estimate of drug-likeness (QED) is 0.893. The molecule has 3 rings (SSSR count). The fraction of sp³-hybridized carbons (Fsp3) is 0.500. The van der Waals surface area contributed by atoms with Gasteiger partial charge in [-0.2, -0.15) is 4.98 Å². The van der Waals surface area contributed by atoms with E-state index in [1.807, 2.05) is 11.4 Å². The number of aromatic amines is 1. The smallest absolute Gasteiger partial charge is 0.245 e. The number of H-pyrrole nitrogens is 1.